The molecule has 0 spiro atoms. The van der Waals surface area contributed by atoms with Gasteiger partial charge in [0.15, 0.2) is 15.4 Å². The predicted molar refractivity (Wildman–Crippen MR) is 127 cm³/mol. The van der Waals surface area contributed by atoms with Gasteiger partial charge < -0.3 is 4.90 Å². The van der Waals surface area contributed by atoms with Gasteiger partial charge in [-0.05, 0) is 55.9 Å². The van der Waals surface area contributed by atoms with E-state index < -0.39 is 28.7 Å². The molecule has 0 saturated carbocycles. The Labute approximate surface area is 213 Å². The molecule has 1 aliphatic rings. The van der Waals surface area contributed by atoms with Gasteiger partial charge >= 0.3 is 6.18 Å². The van der Waals surface area contributed by atoms with E-state index >= 15 is 0 Å². The third kappa shape index (κ3) is 4.33. The third-order valence-electron chi connectivity index (χ3n) is 5.58. The summed E-state index contributed by atoms with van der Waals surface area (Å²) in [6.45, 7) is 3.43. The minimum absolute atomic E-state index is 0.0337. The number of aromatic nitrogens is 3. The molecule has 1 aromatic carbocycles. The molecule has 0 radical (unpaired) electrons. The molecule has 2 aromatic heterocycles. The number of carbonyl (C=O) groups excluding carboxylic acids is 1. The van der Waals surface area contributed by atoms with Crippen molar-refractivity contribution < 1.29 is 18.0 Å². The number of amides is 1. The van der Waals surface area contributed by atoms with Gasteiger partial charge in [0.2, 0.25) is 0 Å². The molecular weight excluding hydrogens is 524 g/mol. The van der Waals surface area contributed by atoms with E-state index in [0.29, 0.717) is 11.4 Å². The summed E-state index contributed by atoms with van der Waals surface area (Å²) in [5.74, 6) is -0.0267. The van der Waals surface area contributed by atoms with Crippen molar-refractivity contribution in [1.29, 1.82) is 5.26 Å². The Balaban J connectivity index is 1.64. The molecule has 0 bridgehead atoms. The Hall–Kier alpha value is -3.20. The highest BCUT2D eigenvalue weighted by atomic mass is 35.5. The Kier molecular flexibility index (Phi) is 6.25. The first kappa shape index (κ1) is 24.9. The van der Waals surface area contributed by atoms with Crippen LogP contribution in [0.15, 0.2) is 42.9 Å². The first-order valence-corrected chi connectivity index (χ1v) is 11.1. The van der Waals surface area contributed by atoms with E-state index in [0.717, 1.165) is 17.0 Å². The van der Waals surface area contributed by atoms with Crippen molar-refractivity contribution in [3.05, 3.63) is 69.9 Å². The summed E-state index contributed by atoms with van der Waals surface area (Å²) < 4.78 is 41.9. The maximum atomic E-state index is 13.5. The van der Waals surface area contributed by atoms with Crippen LogP contribution in [0.1, 0.15) is 30.5 Å². The highest BCUT2D eigenvalue weighted by molar-refractivity contribution is 7.80. The van der Waals surface area contributed by atoms with Gasteiger partial charge in [-0.3, -0.25) is 14.3 Å². The van der Waals surface area contributed by atoms with E-state index in [-0.39, 0.29) is 27.7 Å². The maximum Gasteiger partial charge on any atom is 0.417 e. The fourth-order valence-corrected chi connectivity index (χ4v) is 4.43. The largest absolute Gasteiger partial charge is 0.417 e. The highest BCUT2D eigenvalue weighted by Crippen LogP contribution is 2.38. The number of hydrogen-bond donors (Lipinski definition) is 0. The van der Waals surface area contributed by atoms with E-state index in [1.54, 1.807) is 37.1 Å². The Morgan fingerprint density at radius 2 is 1.89 bits per heavy atom. The predicted octanol–water partition coefficient (Wildman–Crippen LogP) is 5.38. The lowest BCUT2D eigenvalue weighted by atomic mass is 10.0. The summed E-state index contributed by atoms with van der Waals surface area (Å²) in [4.78, 5) is 24.1. The summed E-state index contributed by atoms with van der Waals surface area (Å²) in [6.07, 6.45) is -1.78. The normalized spacial score (nSPS) is 15.6. The Bertz CT molecular complexity index is 1380. The molecule has 0 aliphatic carbocycles. The zero-order valence-electron chi connectivity index (χ0n) is 18.1. The fraction of sp³-hybridized carbons (Fsp3) is 0.227. The SMILES string of the molecule is CC1(C)C(=O)N(c2ccc(C#N)c(C(F)(F)F)c2)C(=S)N1Cc1ccc(-n2cnc(Cl)c2Cl)nc1. The zero-order valence-corrected chi connectivity index (χ0v) is 20.5. The maximum absolute atomic E-state index is 13.5. The minimum Gasteiger partial charge on any atom is -0.330 e. The number of thiocarbonyl (C=S) groups is 1. The third-order valence-corrected chi connectivity index (χ3v) is 6.71. The topological polar surface area (TPSA) is 78.0 Å². The molecule has 4 rings (SSSR count). The van der Waals surface area contributed by atoms with Crippen molar-refractivity contribution in [3.63, 3.8) is 0 Å². The number of halogens is 5. The monoisotopic (exact) mass is 538 g/mol. The van der Waals surface area contributed by atoms with Gasteiger partial charge in [0.05, 0.1) is 22.9 Å². The van der Waals surface area contributed by atoms with Gasteiger partial charge in [0.1, 0.15) is 17.7 Å². The second-order valence-corrected chi connectivity index (χ2v) is 9.21. The van der Waals surface area contributed by atoms with Gasteiger partial charge in [0, 0.05) is 12.7 Å². The van der Waals surface area contributed by atoms with E-state index in [2.05, 4.69) is 9.97 Å². The second-order valence-electron chi connectivity index (χ2n) is 8.13. The molecule has 3 heterocycles. The lowest BCUT2D eigenvalue weighted by Crippen LogP contribution is -2.43. The zero-order chi connectivity index (χ0) is 25.7. The van der Waals surface area contributed by atoms with Crippen LogP contribution in [0, 0.1) is 11.3 Å². The minimum atomic E-state index is -4.77. The summed E-state index contributed by atoms with van der Waals surface area (Å²) in [6, 6.07) is 8.02. The van der Waals surface area contributed by atoms with Crippen LogP contribution in [0.4, 0.5) is 18.9 Å². The lowest BCUT2D eigenvalue weighted by molar-refractivity contribution is -0.137. The average molecular weight is 539 g/mol. The van der Waals surface area contributed by atoms with E-state index in [1.165, 1.54) is 23.0 Å². The van der Waals surface area contributed by atoms with Gasteiger partial charge in [-0.1, -0.05) is 29.3 Å². The molecule has 13 heteroatoms. The number of alkyl halides is 3. The van der Waals surface area contributed by atoms with Crippen molar-refractivity contribution >= 4 is 52.1 Å². The van der Waals surface area contributed by atoms with E-state index in [9.17, 15) is 18.0 Å². The number of pyridine rings is 1. The molecule has 1 fully saturated rings. The van der Waals surface area contributed by atoms with Crippen LogP contribution < -0.4 is 4.90 Å². The quantitative estimate of drug-likeness (QED) is 0.415. The molecule has 1 saturated heterocycles. The lowest BCUT2D eigenvalue weighted by Gasteiger charge is -2.29. The summed E-state index contributed by atoms with van der Waals surface area (Å²) in [5, 5.41) is 9.42. The number of benzene rings is 1. The van der Waals surface area contributed by atoms with Crippen LogP contribution in [0.3, 0.4) is 0 Å². The summed E-state index contributed by atoms with van der Waals surface area (Å²) in [5.41, 5.74) is -2.20. The average Bonchev–Trinajstić information content (AvgIpc) is 3.22. The van der Waals surface area contributed by atoms with Gasteiger partial charge in [-0.2, -0.15) is 18.4 Å². The van der Waals surface area contributed by atoms with Crippen molar-refractivity contribution in [2.24, 2.45) is 0 Å². The van der Waals surface area contributed by atoms with Crippen molar-refractivity contribution in [2.75, 3.05) is 4.90 Å². The summed E-state index contributed by atoms with van der Waals surface area (Å²) in [7, 11) is 0. The Morgan fingerprint density at radius 3 is 2.43 bits per heavy atom. The van der Waals surface area contributed by atoms with Gasteiger partial charge in [-0.25, -0.2) is 9.97 Å². The molecule has 0 N–H and O–H groups in total. The molecule has 1 aliphatic heterocycles. The molecule has 35 heavy (non-hydrogen) atoms. The first-order valence-electron chi connectivity index (χ1n) is 9.97. The number of nitriles is 1. The van der Waals surface area contributed by atoms with E-state index in [4.69, 9.17) is 40.7 Å². The van der Waals surface area contributed by atoms with Crippen molar-refractivity contribution in [2.45, 2.75) is 32.1 Å². The van der Waals surface area contributed by atoms with Crippen molar-refractivity contribution in [1.82, 2.24) is 19.4 Å². The standard InChI is InChI=1S/C22H15Cl2F3N6OS/c1-21(2)19(34)33(14-5-4-13(8-28)15(7-14)22(25,26)27)20(35)32(21)10-12-3-6-16(29-9-12)31-11-30-17(23)18(31)24/h3-7,9,11H,10H2,1-2H3. The molecule has 180 valence electrons. The van der Waals surface area contributed by atoms with Crippen LogP contribution in [0.25, 0.3) is 5.82 Å². The summed E-state index contributed by atoms with van der Waals surface area (Å²) >= 11 is 17.5. The van der Waals surface area contributed by atoms with Gasteiger partial charge in [-0.15, -0.1) is 0 Å². The number of anilines is 1. The number of nitrogens with zero attached hydrogens (tertiary/aromatic N) is 6. The molecular formula is C22H15Cl2F3N6OS. The van der Waals surface area contributed by atoms with Crippen LogP contribution >= 0.6 is 35.4 Å². The number of rotatable bonds is 4. The fourth-order valence-electron chi connectivity index (χ4n) is 3.64. The van der Waals surface area contributed by atoms with Crippen LogP contribution in [0.2, 0.25) is 10.3 Å². The Morgan fingerprint density at radius 1 is 1.17 bits per heavy atom. The van der Waals surface area contributed by atoms with Gasteiger partial charge in [0.25, 0.3) is 5.91 Å². The molecule has 7 nitrogen and oxygen atoms in total. The first-order chi connectivity index (χ1) is 16.4. The van der Waals surface area contributed by atoms with Crippen LogP contribution in [-0.2, 0) is 17.5 Å². The second kappa shape index (κ2) is 8.78. The van der Waals surface area contributed by atoms with E-state index in [1.807, 2.05) is 0 Å². The smallest absolute Gasteiger partial charge is 0.330 e. The molecule has 0 atom stereocenters. The number of imidazole rings is 1. The van der Waals surface area contributed by atoms with Crippen molar-refractivity contribution in [3.8, 4) is 11.9 Å². The van der Waals surface area contributed by atoms with Crippen LogP contribution in [-0.4, -0.2) is 36.0 Å². The van der Waals surface area contributed by atoms with Crippen LogP contribution in [0.5, 0.6) is 0 Å². The molecule has 1 amide bonds. The molecule has 3 aromatic rings. The number of hydrogen-bond acceptors (Lipinski definition) is 5. The number of carbonyl (C=O) groups is 1. The molecule has 0 unspecified atom stereocenters. The highest BCUT2D eigenvalue weighted by Gasteiger charge is 2.49.